The van der Waals surface area contributed by atoms with Gasteiger partial charge in [0.25, 0.3) is 0 Å². The van der Waals surface area contributed by atoms with Gasteiger partial charge in [0.2, 0.25) is 0 Å². The first kappa shape index (κ1) is 12.5. The minimum atomic E-state index is 0.709. The summed E-state index contributed by atoms with van der Waals surface area (Å²) in [5.74, 6) is 0. The maximum Gasteiger partial charge on any atom is 0.0456 e. The first-order valence-corrected chi connectivity index (χ1v) is 5.56. The Hall–Kier alpha value is -1.54. The third-order valence-corrected chi connectivity index (χ3v) is 2.34. The van der Waals surface area contributed by atoms with E-state index in [1.807, 2.05) is 6.92 Å². The van der Waals surface area contributed by atoms with E-state index in [0.29, 0.717) is 6.54 Å². The zero-order valence-electron chi connectivity index (χ0n) is 10.1. The van der Waals surface area contributed by atoms with Crippen molar-refractivity contribution in [1.82, 2.24) is 4.98 Å². The molecule has 16 heavy (non-hydrogen) atoms. The van der Waals surface area contributed by atoms with Crippen LogP contribution >= 0.6 is 0 Å². The number of nitrogens with two attached hydrogens (primary N) is 1. The van der Waals surface area contributed by atoms with Crippen molar-refractivity contribution in [2.24, 2.45) is 5.73 Å². The lowest BCUT2D eigenvalue weighted by Gasteiger charge is -1.96. The van der Waals surface area contributed by atoms with E-state index in [0.717, 1.165) is 6.42 Å². The van der Waals surface area contributed by atoms with Crippen molar-refractivity contribution in [3.63, 3.8) is 0 Å². The number of benzene rings is 1. The van der Waals surface area contributed by atoms with E-state index >= 15 is 0 Å². The van der Waals surface area contributed by atoms with E-state index in [4.69, 9.17) is 5.73 Å². The van der Waals surface area contributed by atoms with Crippen LogP contribution in [0, 0.1) is 6.92 Å². The van der Waals surface area contributed by atoms with Gasteiger partial charge in [0, 0.05) is 17.1 Å². The van der Waals surface area contributed by atoms with E-state index in [2.05, 4.69) is 42.9 Å². The number of fused-ring (bicyclic) bond motifs is 1. The number of H-pyrrole nitrogens is 1. The Morgan fingerprint density at radius 2 is 2.12 bits per heavy atom. The van der Waals surface area contributed by atoms with Crippen LogP contribution < -0.4 is 5.73 Å². The molecule has 2 rings (SSSR count). The molecule has 0 aliphatic carbocycles. The Morgan fingerprint density at radius 1 is 1.44 bits per heavy atom. The fourth-order valence-corrected chi connectivity index (χ4v) is 1.65. The van der Waals surface area contributed by atoms with Gasteiger partial charge in [-0.2, -0.15) is 0 Å². The number of aryl methyl sites for hydroxylation is 1. The first-order chi connectivity index (χ1) is 7.72. The fourth-order valence-electron chi connectivity index (χ4n) is 1.65. The molecule has 0 aliphatic heterocycles. The van der Waals surface area contributed by atoms with Gasteiger partial charge < -0.3 is 10.7 Å². The molecule has 0 amide bonds. The summed E-state index contributed by atoms with van der Waals surface area (Å²) >= 11 is 0. The lowest BCUT2D eigenvalue weighted by molar-refractivity contribution is 0.976. The minimum absolute atomic E-state index is 0.709. The normalized spacial score (nSPS) is 9.69. The van der Waals surface area contributed by atoms with Crippen LogP contribution in [0.1, 0.15) is 18.1 Å². The van der Waals surface area contributed by atoms with Gasteiger partial charge in [-0.3, -0.25) is 0 Å². The average Bonchev–Trinajstić information content (AvgIpc) is 2.63. The second-order valence-corrected chi connectivity index (χ2v) is 3.81. The largest absolute Gasteiger partial charge is 0.361 e. The predicted octanol–water partition coefficient (Wildman–Crippen LogP) is 3.17. The molecule has 0 fully saturated rings. The Bertz CT molecular complexity index is 455. The van der Waals surface area contributed by atoms with Crippen LogP contribution in [-0.2, 0) is 6.42 Å². The van der Waals surface area contributed by atoms with E-state index in [9.17, 15) is 0 Å². The number of aromatic nitrogens is 1. The van der Waals surface area contributed by atoms with Crippen molar-refractivity contribution < 1.29 is 0 Å². The molecule has 2 aromatic rings. The van der Waals surface area contributed by atoms with Gasteiger partial charge in [-0.1, -0.05) is 17.7 Å². The highest BCUT2D eigenvalue weighted by Gasteiger charge is 2.01. The van der Waals surface area contributed by atoms with Crippen LogP contribution in [0.3, 0.4) is 0 Å². The van der Waals surface area contributed by atoms with Gasteiger partial charge in [-0.25, -0.2) is 0 Å². The number of rotatable bonds is 2. The molecule has 0 bridgehead atoms. The second-order valence-electron chi connectivity index (χ2n) is 3.81. The number of aromatic amines is 1. The summed E-state index contributed by atoms with van der Waals surface area (Å²) in [6.45, 7) is 8.07. The van der Waals surface area contributed by atoms with E-state index in [-0.39, 0.29) is 0 Å². The summed E-state index contributed by atoms with van der Waals surface area (Å²) in [7, 11) is 0. The minimum Gasteiger partial charge on any atom is -0.361 e. The molecule has 0 radical (unpaired) electrons. The van der Waals surface area contributed by atoms with Gasteiger partial charge in [-0.15, -0.1) is 6.58 Å². The standard InChI is InChI=1S/C11H14N2.C3H6/c1-8-2-3-11-10(6-8)9(4-5-12)7-13-11;1-3-2/h2-3,6-7,13H,4-5,12H2,1H3;3H,1H2,2H3. The summed E-state index contributed by atoms with van der Waals surface area (Å²) in [4.78, 5) is 3.24. The molecular weight excluding hydrogens is 196 g/mol. The van der Waals surface area contributed by atoms with Crippen molar-refractivity contribution in [2.75, 3.05) is 6.54 Å². The van der Waals surface area contributed by atoms with Crippen LogP contribution in [0.5, 0.6) is 0 Å². The molecule has 86 valence electrons. The molecule has 0 unspecified atom stereocenters. The third-order valence-electron chi connectivity index (χ3n) is 2.34. The summed E-state index contributed by atoms with van der Waals surface area (Å²) < 4.78 is 0. The zero-order valence-corrected chi connectivity index (χ0v) is 10.1. The molecule has 0 saturated carbocycles. The van der Waals surface area contributed by atoms with E-state index < -0.39 is 0 Å². The quantitative estimate of drug-likeness (QED) is 0.744. The molecule has 2 nitrogen and oxygen atoms in total. The number of hydrogen-bond acceptors (Lipinski definition) is 1. The lowest BCUT2D eigenvalue weighted by Crippen LogP contribution is -2.01. The first-order valence-electron chi connectivity index (χ1n) is 5.56. The maximum absolute atomic E-state index is 5.53. The van der Waals surface area contributed by atoms with E-state index in [1.54, 1.807) is 6.08 Å². The van der Waals surface area contributed by atoms with Gasteiger partial charge in [0.05, 0.1) is 0 Å². The van der Waals surface area contributed by atoms with Crippen molar-refractivity contribution in [3.8, 4) is 0 Å². The maximum atomic E-state index is 5.53. The van der Waals surface area contributed by atoms with Crippen molar-refractivity contribution in [2.45, 2.75) is 20.3 Å². The summed E-state index contributed by atoms with van der Waals surface area (Å²) in [6, 6.07) is 6.44. The van der Waals surface area contributed by atoms with Gasteiger partial charge >= 0.3 is 0 Å². The smallest absolute Gasteiger partial charge is 0.0456 e. The molecule has 1 heterocycles. The molecule has 0 aliphatic rings. The summed E-state index contributed by atoms with van der Waals surface area (Å²) in [6.07, 6.45) is 4.75. The molecule has 0 spiro atoms. The van der Waals surface area contributed by atoms with E-state index in [1.165, 1.54) is 22.0 Å². The lowest BCUT2D eigenvalue weighted by atomic mass is 10.1. The van der Waals surface area contributed by atoms with Crippen molar-refractivity contribution >= 4 is 10.9 Å². The van der Waals surface area contributed by atoms with Crippen LogP contribution in [0.4, 0.5) is 0 Å². The van der Waals surface area contributed by atoms with Gasteiger partial charge in [-0.05, 0) is 44.5 Å². The molecule has 3 N–H and O–H groups in total. The van der Waals surface area contributed by atoms with Crippen LogP contribution in [0.2, 0.25) is 0 Å². The predicted molar refractivity (Wildman–Crippen MR) is 71.7 cm³/mol. The summed E-state index contributed by atoms with van der Waals surface area (Å²) in [5.41, 5.74) is 9.35. The topological polar surface area (TPSA) is 41.8 Å². The molecule has 0 atom stereocenters. The fraction of sp³-hybridized carbons (Fsp3) is 0.286. The Balaban J connectivity index is 0.000000386. The molecule has 1 aromatic carbocycles. The van der Waals surface area contributed by atoms with Crippen LogP contribution in [0.25, 0.3) is 10.9 Å². The Kier molecular flexibility index (Phi) is 4.80. The molecule has 1 aromatic heterocycles. The SMILES string of the molecule is C=CC.Cc1ccc2[nH]cc(CCN)c2c1. The molecule has 2 heteroatoms. The third kappa shape index (κ3) is 2.97. The Labute approximate surface area is 97.2 Å². The number of allylic oxidation sites excluding steroid dienone is 1. The number of nitrogens with one attached hydrogen (secondary N) is 1. The van der Waals surface area contributed by atoms with Crippen molar-refractivity contribution in [3.05, 3.63) is 48.2 Å². The highest BCUT2D eigenvalue weighted by atomic mass is 14.7. The average molecular weight is 216 g/mol. The Morgan fingerprint density at radius 3 is 2.75 bits per heavy atom. The zero-order chi connectivity index (χ0) is 12.0. The number of hydrogen-bond donors (Lipinski definition) is 2. The second kappa shape index (κ2) is 6.13. The van der Waals surface area contributed by atoms with Crippen LogP contribution in [-0.4, -0.2) is 11.5 Å². The molecular formula is C14H20N2. The monoisotopic (exact) mass is 216 g/mol. The highest BCUT2D eigenvalue weighted by molar-refractivity contribution is 5.83. The molecule has 0 saturated heterocycles. The summed E-state index contributed by atoms with van der Waals surface area (Å²) in [5, 5.41) is 1.31. The van der Waals surface area contributed by atoms with Gasteiger partial charge in [0.15, 0.2) is 0 Å². The van der Waals surface area contributed by atoms with Crippen molar-refractivity contribution in [1.29, 1.82) is 0 Å². The highest BCUT2D eigenvalue weighted by Crippen LogP contribution is 2.19. The van der Waals surface area contributed by atoms with Gasteiger partial charge in [0.1, 0.15) is 0 Å². The van der Waals surface area contributed by atoms with Crippen LogP contribution in [0.15, 0.2) is 37.1 Å².